The maximum absolute atomic E-state index is 12.8. The van der Waals surface area contributed by atoms with Gasteiger partial charge in [-0.15, -0.1) is 0 Å². The van der Waals surface area contributed by atoms with Crippen LogP contribution in [0.15, 0.2) is 47.9 Å². The Morgan fingerprint density at radius 3 is 2.62 bits per heavy atom. The average molecular weight is 433 g/mol. The number of aromatic nitrogens is 5. The third-order valence-electron chi connectivity index (χ3n) is 4.48. The van der Waals surface area contributed by atoms with E-state index in [1.807, 2.05) is 0 Å². The van der Waals surface area contributed by atoms with Crippen LogP contribution < -0.4 is 5.32 Å². The molecule has 1 unspecified atom stereocenters. The van der Waals surface area contributed by atoms with Crippen molar-refractivity contribution in [2.45, 2.75) is 36.0 Å². The Balaban J connectivity index is 1.58. The molecule has 0 aliphatic heterocycles. The molecule has 1 atom stereocenters. The Bertz CT molecular complexity index is 1160. The van der Waals surface area contributed by atoms with Gasteiger partial charge in [-0.2, -0.15) is 9.78 Å². The number of carbonyl (C=O) groups excluding carboxylic acids is 1. The molecule has 150 valence electrons. The average Bonchev–Trinajstić information content (AvgIpc) is 3.46. The van der Waals surface area contributed by atoms with E-state index in [4.69, 9.17) is 11.6 Å². The second-order valence-corrected chi connectivity index (χ2v) is 9.36. The first kappa shape index (κ1) is 19.5. The van der Waals surface area contributed by atoms with Crippen molar-refractivity contribution >= 4 is 27.3 Å². The van der Waals surface area contributed by atoms with Gasteiger partial charge in [-0.05, 0) is 44.0 Å². The van der Waals surface area contributed by atoms with Crippen molar-refractivity contribution in [3.8, 4) is 5.95 Å². The number of hydrogen-bond acceptors (Lipinski definition) is 7. The molecule has 29 heavy (non-hydrogen) atoms. The third-order valence-corrected chi connectivity index (χ3v) is 6.94. The molecular formula is C18H17ClN6O3S. The molecule has 1 saturated carbocycles. The van der Waals surface area contributed by atoms with Gasteiger partial charge in [-0.1, -0.05) is 11.6 Å². The highest BCUT2D eigenvalue weighted by Gasteiger charge is 2.37. The predicted octanol–water partition coefficient (Wildman–Crippen LogP) is 2.14. The Labute approximate surface area is 172 Å². The summed E-state index contributed by atoms with van der Waals surface area (Å²) in [5.41, 5.74) is 0.158. The van der Waals surface area contributed by atoms with E-state index >= 15 is 0 Å². The highest BCUT2D eigenvalue weighted by Crippen LogP contribution is 2.34. The highest BCUT2D eigenvalue weighted by molar-refractivity contribution is 7.92. The minimum atomic E-state index is -3.47. The van der Waals surface area contributed by atoms with E-state index in [-0.39, 0.29) is 20.7 Å². The molecule has 4 rings (SSSR count). The Hall–Kier alpha value is -2.85. The van der Waals surface area contributed by atoms with Crippen LogP contribution in [0.3, 0.4) is 0 Å². The largest absolute Gasteiger partial charge is 0.342 e. The highest BCUT2D eigenvalue weighted by atomic mass is 35.5. The van der Waals surface area contributed by atoms with Crippen LogP contribution in [0, 0.1) is 0 Å². The van der Waals surface area contributed by atoms with Gasteiger partial charge in [0.25, 0.3) is 11.9 Å². The van der Waals surface area contributed by atoms with Crippen molar-refractivity contribution in [1.29, 1.82) is 0 Å². The molecule has 9 nitrogen and oxygen atoms in total. The smallest absolute Gasteiger partial charge is 0.252 e. The first-order chi connectivity index (χ1) is 13.9. The first-order valence-corrected chi connectivity index (χ1v) is 10.8. The lowest BCUT2D eigenvalue weighted by Crippen LogP contribution is -2.29. The van der Waals surface area contributed by atoms with Crippen molar-refractivity contribution in [3.05, 3.63) is 59.4 Å². The number of amides is 1. The van der Waals surface area contributed by atoms with Crippen molar-refractivity contribution in [2.24, 2.45) is 0 Å². The van der Waals surface area contributed by atoms with Gasteiger partial charge in [0.05, 0.1) is 16.2 Å². The number of halogens is 1. The second kappa shape index (κ2) is 7.53. The lowest BCUT2D eigenvalue weighted by atomic mass is 10.2. The minimum absolute atomic E-state index is 0.0613. The van der Waals surface area contributed by atoms with E-state index in [0.717, 1.165) is 0 Å². The zero-order valence-electron chi connectivity index (χ0n) is 15.4. The van der Waals surface area contributed by atoms with Crippen molar-refractivity contribution in [2.75, 3.05) is 0 Å². The van der Waals surface area contributed by atoms with Crippen LogP contribution in [-0.4, -0.2) is 44.3 Å². The van der Waals surface area contributed by atoms with Crippen molar-refractivity contribution in [3.63, 3.8) is 0 Å². The molecule has 0 bridgehead atoms. The number of rotatable bonds is 6. The third kappa shape index (κ3) is 3.99. The summed E-state index contributed by atoms with van der Waals surface area (Å²) in [6.45, 7) is 1.73. The standard InChI is InChI=1S/C18H17ClN6O3S/c1-11(16-22-10-23-25(16)18-20-5-2-6-21-18)24-17(26)12-7-13(19)9-15(8-12)29(27,28)14-3-4-14/h2,5-11,14H,3-4H2,1H3,(H,24,26). The fourth-order valence-electron chi connectivity index (χ4n) is 2.87. The first-order valence-electron chi connectivity index (χ1n) is 8.89. The summed E-state index contributed by atoms with van der Waals surface area (Å²) in [5, 5.41) is 6.69. The van der Waals surface area contributed by atoms with Crippen LogP contribution in [0.1, 0.15) is 42.0 Å². The number of sulfone groups is 1. The summed E-state index contributed by atoms with van der Waals surface area (Å²) in [7, 11) is -3.47. The van der Waals surface area contributed by atoms with Crippen LogP contribution in [0.25, 0.3) is 5.95 Å². The Morgan fingerprint density at radius 2 is 1.93 bits per heavy atom. The van der Waals surface area contributed by atoms with Crippen molar-refractivity contribution in [1.82, 2.24) is 30.0 Å². The molecule has 0 radical (unpaired) electrons. The molecule has 2 heterocycles. The molecule has 2 aromatic heterocycles. The monoisotopic (exact) mass is 432 g/mol. The zero-order chi connectivity index (χ0) is 20.6. The van der Waals surface area contributed by atoms with E-state index in [1.165, 1.54) is 29.2 Å². The van der Waals surface area contributed by atoms with Crippen LogP contribution in [0.4, 0.5) is 0 Å². The van der Waals surface area contributed by atoms with E-state index in [9.17, 15) is 13.2 Å². The van der Waals surface area contributed by atoms with Gasteiger partial charge < -0.3 is 5.32 Å². The quantitative estimate of drug-likeness (QED) is 0.633. The maximum Gasteiger partial charge on any atom is 0.252 e. The predicted molar refractivity (Wildman–Crippen MR) is 104 cm³/mol. The molecule has 1 aliphatic rings. The van der Waals surface area contributed by atoms with Gasteiger partial charge in [-0.3, -0.25) is 4.79 Å². The van der Waals surface area contributed by atoms with E-state index < -0.39 is 21.8 Å². The summed E-state index contributed by atoms with van der Waals surface area (Å²) >= 11 is 6.08. The normalized spacial score (nSPS) is 15.1. The van der Waals surface area contributed by atoms with Gasteiger partial charge in [0, 0.05) is 23.0 Å². The molecule has 1 aliphatic carbocycles. The molecule has 0 spiro atoms. The van der Waals surface area contributed by atoms with Gasteiger partial charge in [0.2, 0.25) is 0 Å². The summed E-state index contributed by atoms with van der Waals surface area (Å²) in [4.78, 5) is 25.3. The SMILES string of the molecule is CC(NC(=O)c1cc(Cl)cc(S(=O)(=O)C2CC2)c1)c1ncnn1-c1ncccn1. The fraction of sp³-hybridized carbons (Fsp3) is 0.278. The van der Waals surface area contributed by atoms with Crippen LogP contribution in [0.5, 0.6) is 0 Å². The van der Waals surface area contributed by atoms with Gasteiger partial charge in [0.15, 0.2) is 15.7 Å². The lowest BCUT2D eigenvalue weighted by Gasteiger charge is -2.14. The Morgan fingerprint density at radius 1 is 1.21 bits per heavy atom. The molecule has 1 N–H and O–H groups in total. The number of benzene rings is 1. The van der Waals surface area contributed by atoms with Gasteiger partial charge in [-0.25, -0.2) is 23.4 Å². The summed E-state index contributed by atoms with van der Waals surface area (Å²) in [5.74, 6) is 0.273. The summed E-state index contributed by atoms with van der Waals surface area (Å²) in [6, 6.07) is 5.29. The lowest BCUT2D eigenvalue weighted by molar-refractivity contribution is 0.0937. The Kier molecular flexibility index (Phi) is 5.05. The van der Waals surface area contributed by atoms with Crippen LogP contribution in [0.2, 0.25) is 5.02 Å². The molecule has 3 aromatic rings. The summed E-state index contributed by atoms with van der Waals surface area (Å²) in [6.07, 6.45) is 5.75. The number of nitrogens with one attached hydrogen (secondary N) is 1. The number of nitrogens with zero attached hydrogens (tertiary/aromatic N) is 5. The zero-order valence-corrected chi connectivity index (χ0v) is 16.9. The summed E-state index contributed by atoms with van der Waals surface area (Å²) < 4.78 is 26.4. The molecular weight excluding hydrogens is 416 g/mol. The second-order valence-electron chi connectivity index (χ2n) is 6.69. The molecule has 0 saturated heterocycles. The molecule has 1 fully saturated rings. The minimum Gasteiger partial charge on any atom is -0.342 e. The topological polar surface area (TPSA) is 120 Å². The number of carbonyl (C=O) groups is 1. The van der Waals surface area contributed by atoms with E-state index in [1.54, 1.807) is 25.4 Å². The van der Waals surface area contributed by atoms with Gasteiger partial charge in [0.1, 0.15) is 6.33 Å². The van der Waals surface area contributed by atoms with Crippen molar-refractivity contribution < 1.29 is 13.2 Å². The molecule has 1 aromatic carbocycles. The molecule has 11 heteroatoms. The van der Waals surface area contributed by atoms with Gasteiger partial charge >= 0.3 is 0 Å². The van der Waals surface area contributed by atoms with E-state index in [0.29, 0.717) is 24.6 Å². The van der Waals surface area contributed by atoms with Crippen LogP contribution in [-0.2, 0) is 9.84 Å². The van der Waals surface area contributed by atoms with Crippen LogP contribution >= 0.6 is 11.6 Å². The number of hydrogen-bond donors (Lipinski definition) is 1. The van der Waals surface area contributed by atoms with E-state index in [2.05, 4.69) is 25.4 Å². The molecule has 1 amide bonds. The fourth-order valence-corrected chi connectivity index (χ4v) is 4.90. The maximum atomic E-state index is 12.8.